The summed E-state index contributed by atoms with van der Waals surface area (Å²) in [5, 5.41) is 4.97. The van der Waals surface area contributed by atoms with Gasteiger partial charge in [-0.1, -0.05) is 16.8 Å². The van der Waals surface area contributed by atoms with E-state index < -0.39 is 5.60 Å². The average molecular weight is 547 g/mol. The monoisotopic (exact) mass is 546 g/mol. The number of benzene rings is 1. The minimum atomic E-state index is -0.482. The summed E-state index contributed by atoms with van der Waals surface area (Å²) < 4.78 is 12.2. The minimum absolute atomic E-state index is 0.264. The van der Waals surface area contributed by atoms with Crippen LogP contribution in [0.15, 0.2) is 28.8 Å². The molecule has 0 unspecified atom stereocenters. The van der Waals surface area contributed by atoms with Crippen LogP contribution in [0.1, 0.15) is 32.1 Å². The first-order valence-electron chi connectivity index (χ1n) is 9.91. The molecule has 0 atom stereocenters. The van der Waals surface area contributed by atoms with Crippen LogP contribution in [-0.2, 0) is 17.8 Å². The number of amides is 1. The molecule has 1 aromatic heterocycles. The molecule has 0 spiro atoms. The summed E-state index contributed by atoms with van der Waals surface area (Å²) in [6.45, 7) is 9.64. The number of piperazine rings is 1. The Bertz CT molecular complexity index is 875. The van der Waals surface area contributed by atoms with E-state index in [0.717, 1.165) is 23.1 Å². The van der Waals surface area contributed by atoms with Crippen molar-refractivity contribution in [2.45, 2.75) is 39.5 Å². The quantitative estimate of drug-likeness (QED) is 0.510. The largest absolute Gasteiger partial charge is 0.444 e. The first-order valence-corrected chi connectivity index (χ1v) is 11.4. The van der Waals surface area contributed by atoms with E-state index in [2.05, 4.69) is 37.5 Å². The molecule has 1 saturated heterocycles. The molecule has 1 aromatic carbocycles. The van der Waals surface area contributed by atoms with Gasteiger partial charge in [0.1, 0.15) is 5.60 Å². The minimum Gasteiger partial charge on any atom is -0.444 e. The van der Waals surface area contributed by atoms with Gasteiger partial charge in [0.15, 0.2) is 11.6 Å². The second-order valence-electron chi connectivity index (χ2n) is 8.51. The van der Waals surface area contributed by atoms with E-state index >= 15 is 0 Å². The lowest BCUT2D eigenvalue weighted by atomic mass is 10.2. The van der Waals surface area contributed by atoms with Crippen LogP contribution in [0.25, 0.3) is 0 Å². The van der Waals surface area contributed by atoms with Crippen molar-refractivity contribution in [3.8, 4) is 0 Å². The lowest BCUT2D eigenvalue weighted by molar-refractivity contribution is 0.0240. The summed E-state index contributed by atoms with van der Waals surface area (Å²) in [5.74, 6) is 1.61. The number of aromatic nitrogens is 1. The number of hydrogen-bond acceptors (Lipinski definition) is 6. The molecule has 0 aliphatic carbocycles. The van der Waals surface area contributed by atoms with E-state index in [9.17, 15) is 4.79 Å². The van der Waals surface area contributed by atoms with Crippen LogP contribution < -0.4 is 4.90 Å². The van der Waals surface area contributed by atoms with Crippen LogP contribution >= 0.6 is 34.2 Å². The first-order chi connectivity index (χ1) is 14.1. The Kier molecular flexibility index (Phi) is 7.52. The van der Waals surface area contributed by atoms with Gasteiger partial charge in [0.2, 0.25) is 0 Å². The molecule has 2 aromatic rings. The molecule has 0 N–H and O–H groups in total. The van der Waals surface area contributed by atoms with Crippen molar-refractivity contribution >= 4 is 46.1 Å². The third-order valence-corrected chi connectivity index (χ3v) is 5.96. The number of nitrogens with zero attached hydrogens (tertiary/aromatic N) is 4. The molecule has 1 fully saturated rings. The number of hydrogen-bond donors (Lipinski definition) is 0. The highest BCUT2D eigenvalue weighted by atomic mass is 127. The molecule has 1 aliphatic rings. The Morgan fingerprint density at radius 1 is 1.23 bits per heavy atom. The SMILES string of the molecule is CN(Cc1cc(N2CCN(C(=O)OC(C)(C)C)CC2)no1)Cc1cc(Cl)ccc1I. The zero-order valence-corrected chi connectivity index (χ0v) is 20.7. The number of anilines is 1. The number of carbonyl (C=O) groups excluding carboxylic acids is 1. The van der Waals surface area contributed by atoms with Crippen LogP contribution in [0, 0.1) is 3.57 Å². The summed E-state index contributed by atoms with van der Waals surface area (Å²) in [6, 6.07) is 7.89. The Labute approximate surface area is 196 Å². The number of ether oxygens (including phenoxy) is 1. The molecule has 0 saturated carbocycles. The van der Waals surface area contributed by atoms with E-state index in [4.69, 9.17) is 20.9 Å². The smallest absolute Gasteiger partial charge is 0.410 e. The Hall–Kier alpha value is -1.52. The molecule has 3 rings (SSSR count). The summed E-state index contributed by atoms with van der Waals surface area (Å²) in [5.41, 5.74) is 0.702. The first kappa shape index (κ1) is 23.1. The summed E-state index contributed by atoms with van der Waals surface area (Å²) in [6.07, 6.45) is -0.264. The molecule has 0 bridgehead atoms. The Morgan fingerprint density at radius 3 is 2.60 bits per heavy atom. The van der Waals surface area contributed by atoms with Crippen LogP contribution in [0.4, 0.5) is 10.6 Å². The van der Waals surface area contributed by atoms with Gasteiger partial charge in [-0.3, -0.25) is 4.90 Å². The van der Waals surface area contributed by atoms with Gasteiger partial charge < -0.3 is 19.1 Å². The van der Waals surface area contributed by atoms with Crippen LogP contribution in [0.2, 0.25) is 5.02 Å². The van der Waals surface area contributed by atoms with Gasteiger partial charge >= 0.3 is 6.09 Å². The second kappa shape index (κ2) is 9.74. The zero-order chi connectivity index (χ0) is 21.9. The third kappa shape index (κ3) is 6.49. The molecule has 7 nitrogen and oxygen atoms in total. The van der Waals surface area contributed by atoms with Crippen molar-refractivity contribution in [3.63, 3.8) is 0 Å². The predicted molar refractivity (Wildman–Crippen MR) is 126 cm³/mol. The lowest BCUT2D eigenvalue weighted by Gasteiger charge is -2.35. The predicted octanol–water partition coefficient (Wildman–Crippen LogP) is 4.62. The van der Waals surface area contributed by atoms with Gasteiger partial charge in [-0.25, -0.2) is 4.79 Å². The molecular formula is C21H28ClIN4O3. The third-order valence-electron chi connectivity index (χ3n) is 4.68. The Balaban J connectivity index is 1.52. The number of carbonyl (C=O) groups is 1. The van der Waals surface area contributed by atoms with Crippen LogP contribution in [0.3, 0.4) is 0 Å². The molecule has 2 heterocycles. The molecule has 30 heavy (non-hydrogen) atoms. The van der Waals surface area contributed by atoms with Gasteiger partial charge in [0.05, 0.1) is 6.54 Å². The summed E-state index contributed by atoms with van der Waals surface area (Å²) >= 11 is 8.45. The lowest BCUT2D eigenvalue weighted by Crippen LogP contribution is -2.50. The normalized spacial score (nSPS) is 15.0. The van der Waals surface area contributed by atoms with E-state index in [1.165, 1.54) is 9.13 Å². The van der Waals surface area contributed by atoms with E-state index in [-0.39, 0.29) is 6.09 Å². The molecule has 0 radical (unpaired) electrons. The average Bonchev–Trinajstić information content (AvgIpc) is 3.12. The van der Waals surface area contributed by atoms with Crippen molar-refractivity contribution in [1.82, 2.24) is 15.0 Å². The van der Waals surface area contributed by atoms with Crippen molar-refractivity contribution < 1.29 is 14.1 Å². The maximum Gasteiger partial charge on any atom is 0.410 e. The van der Waals surface area contributed by atoms with E-state index in [0.29, 0.717) is 32.7 Å². The summed E-state index contributed by atoms with van der Waals surface area (Å²) in [4.78, 5) is 18.3. The maximum absolute atomic E-state index is 12.2. The number of halogens is 2. The molecule has 164 valence electrons. The highest BCUT2D eigenvalue weighted by Crippen LogP contribution is 2.22. The standard InChI is InChI=1S/C21H28ClIN4O3/c1-21(2,3)29-20(28)27-9-7-26(8-10-27)19-12-17(30-24-19)14-25(4)13-15-11-16(22)5-6-18(15)23/h5-6,11-12H,7-10,13-14H2,1-4H3. The van der Waals surface area contributed by atoms with Crippen LogP contribution in [0.5, 0.6) is 0 Å². The summed E-state index contributed by atoms with van der Waals surface area (Å²) in [7, 11) is 2.04. The van der Waals surface area contributed by atoms with Crippen molar-refractivity contribution in [2.24, 2.45) is 0 Å². The van der Waals surface area contributed by atoms with Gasteiger partial charge in [-0.05, 0) is 74.2 Å². The number of rotatable bonds is 5. The maximum atomic E-state index is 12.2. The van der Waals surface area contributed by atoms with Crippen molar-refractivity contribution in [3.05, 3.63) is 44.2 Å². The Morgan fingerprint density at radius 2 is 1.93 bits per heavy atom. The molecule has 9 heteroatoms. The topological polar surface area (TPSA) is 62.0 Å². The van der Waals surface area contributed by atoms with Crippen LogP contribution in [-0.4, -0.2) is 59.9 Å². The van der Waals surface area contributed by atoms with Gasteiger partial charge in [-0.2, -0.15) is 0 Å². The van der Waals surface area contributed by atoms with Gasteiger partial charge in [-0.15, -0.1) is 0 Å². The highest BCUT2D eigenvalue weighted by molar-refractivity contribution is 14.1. The highest BCUT2D eigenvalue weighted by Gasteiger charge is 2.27. The zero-order valence-electron chi connectivity index (χ0n) is 17.8. The van der Waals surface area contributed by atoms with Gasteiger partial charge in [0.25, 0.3) is 0 Å². The van der Waals surface area contributed by atoms with E-state index in [1.807, 2.05) is 52.1 Å². The molecular weight excluding hydrogens is 519 g/mol. The fourth-order valence-corrected chi connectivity index (χ4v) is 3.95. The molecule has 1 amide bonds. The fourth-order valence-electron chi connectivity index (χ4n) is 3.25. The van der Waals surface area contributed by atoms with Crippen molar-refractivity contribution in [1.29, 1.82) is 0 Å². The van der Waals surface area contributed by atoms with Crippen molar-refractivity contribution in [2.75, 3.05) is 38.1 Å². The second-order valence-corrected chi connectivity index (χ2v) is 10.1. The molecule has 1 aliphatic heterocycles. The fraction of sp³-hybridized carbons (Fsp3) is 0.524. The van der Waals surface area contributed by atoms with Gasteiger partial charge in [0, 0.05) is 47.4 Å². The van der Waals surface area contributed by atoms with E-state index in [1.54, 1.807) is 4.90 Å².